The third-order valence-electron chi connectivity index (χ3n) is 4.35. The number of nitrogens with one attached hydrogen (secondary N) is 1. The second-order valence-electron chi connectivity index (χ2n) is 6.04. The number of fused-ring (bicyclic) bond motifs is 3. The number of rotatable bonds is 0. The van der Waals surface area contributed by atoms with E-state index in [1.807, 2.05) is 23.1 Å². The molecule has 1 fully saturated rings. The summed E-state index contributed by atoms with van der Waals surface area (Å²) < 4.78 is 1.31. The summed E-state index contributed by atoms with van der Waals surface area (Å²) in [6, 6.07) is 0. The first-order valence-corrected chi connectivity index (χ1v) is 8.43. The molecule has 0 spiro atoms. The Hall–Kier alpha value is 0.200. The van der Waals surface area contributed by atoms with Crippen molar-refractivity contribution < 1.29 is 0 Å². The molecule has 17 heavy (non-hydrogen) atoms. The first kappa shape index (κ1) is 12.2. The minimum atomic E-state index is 0.358. The molecule has 1 nitrogen and oxygen atoms in total. The van der Waals surface area contributed by atoms with Crippen LogP contribution in [0.2, 0.25) is 0 Å². The van der Waals surface area contributed by atoms with Crippen molar-refractivity contribution in [2.45, 2.75) is 55.7 Å². The molecule has 0 saturated heterocycles. The fraction of sp³-hybridized carbons (Fsp3) is 0.769. The number of H-pyrrole nitrogens is 1. The number of aromatic nitrogens is 1. The molecule has 1 aliphatic heterocycles. The van der Waals surface area contributed by atoms with Crippen LogP contribution >= 0.6 is 35.3 Å². The van der Waals surface area contributed by atoms with Crippen molar-refractivity contribution in [2.24, 2.45) is 11.8 Å². The topological polar surface area (TPSA) is 15.8 Å². The molecular formula is C13H19NS3. The Bertz CT molecular complexity index is 485. The summed E-state index contributed by atoms with van der Waals surface area (Å²) in [7, 11) is 0. The highest BCUT2D eigenvalue weighted by Gasteiger charge is 2.45. The highest BCUT2D eigenvalue weighted by molar-refractivity contribution is 8.00. The van der Waals surface area contributed by atoms with Gasteiger partial charge in [0.15, 0.2) is 3.95 Å². The number of thiazole rings is 1. The van der Waals surface area contributed by atoms with Crippen molar-refractivity contribution in [2.75, 3.05) is 0 Å². The van der Waals surface area contributed by atoms with Crippen LogP contribution in [0.1, 0.15) is 50.8 Å². The summed E-state index contributed by atoms with van der Waals surface area (Å²) in [6.07, 6.45) is 4.14. The normalized spacial score (nSPS) is 35.1. The minimum absolute atomic E-state index is 0.358. The van der Waals surface area contributed by atoms with Gasteiger partial charge in [0.05, 0.1) is 5.03 Å². The van der Waals surface area contributed by atoms with E-state index >= 15 is 0 Å². The second kappa shape index (κ2) is 4.10. The summed E-state index contributed by atoms with van der Waals surface area (Å²) in [5.41, 5.74) is 0. The largest absolute Gasteiger partial charge is 0.332 e. The van der Waals surface area contributed by atoms with Crippen LogP contribution in [-0.4, -0.2) is 9.73 Å². The van der Waals surface area contributed by atoms with Gasteiger partial charge in [-0.05, 0) is 36.9 Å². The molecular weight excluding hydrogens is 266 g/mol. The van der Waals surface area contributed by atoms with Gasteiger partial charge in [-0.3, -0.25) is 0 Å². The summed E-state index contributed by atoms with van der Waals surface area (Å²) in [4.78, 5) is 4.95. The number of hydrogen-bond donors (Lipinski definition) is 1. The summed E-state index contributed by atoms with van der Waals surface area (Å²) in [5, 5.41) is 1.36. The Morgan fingerprint density at radius 1 is 1.35 bits per heavy atom. The third-order valence-corrected chi connectivity index (χ3v) is 7.20. The average molecular weight is 286 g/mol. The van der Waals surface area contributed by atoms with Crippen LogP contribution in [-0.2, 0) is 0 Å². The van der Waals surface area contributed by atoms with Crippen LogP contribution in [0.25, 0.3) is 0 Å². The number of hydrogen-bond acceptors (Lipinski definition) is 3. The predicted octanol–water partition coefficient (Wildman–Crippen LogP) is 5.21. The molecule has 3 rings (SSSR count). The Balaban J connectivity index is 2.07. The minimum Gasteiger partial charge on any atom is -0.332 e. The molecule has 0 amide bonds. The zero-order valence-electron chi connectivity index (χ0n) is 10.6. The molecule has 3 atom stereocenters. The molecule has 1 saturated carbocycles. The lowest BCUT2D eigenvalue weighted by atomic mass is 9.69. The van der Waals surface area contributed by atoms with E-state index < -0.39 is 0 Å². The Kier molecular flexibility index (Phi) is 2.96. The fourth-order valence-electron chi connectivity index (χ4n) is 3.49. The number of thioether (sulfide) groups is 1. The summed E-state index contributed by atoms with van der Waals surface area (Å²) in [5.74, 6) is 2.46. The summed E-state index contributed by atoms with van der Waals surface area (Å²) in [6.45, 7) is 7.21. The lowest BCUT2D eigenvalue weighted by Gasteiger charge is -2.46. The zero-order valence-corrected chi connectivity index (χ0v) is 13.0. The molecule has 2 aliphatic rings. The van der Waals surface area contributed by atoms with Gasteiger partial charge in [0.2, 0.25) is 0 Å². The van der Waals surface area contributed by atoms with Crippen molar-refractivity contribution >= 4 is 35.3 Å². The maximum Gasteiger partial charge on any atom is 0.159 e. The van der Waals surface area contributed by atoms with E-state index in [4.69, 9.17) is 12.2 Å². The first-order chi connectivity index (χ1) is 7.97. The fourth-order valence-corrected chi connectivity index (χ4v) is 6.51. The molecule has 1 aliphatic carbocycles. The molecule has 0 radical (unpaired) electrons. The van der Waals surface area contributed by atoms with Crippen molar-refractivity contribution in [3.05, 3.63) is 8.83 Å². The lowest BCUT2D eigenvalue weighted by molar-refractivity contribution is 0.210. The molecule has 1 aromatic rings. The van der Waals surface area contributed by atoms with Crippen LogP contribution in [0.4, 0.5) is 0 Å². The van der Waals surface area contributed by atoms with E-state index in [0.717, 1.165) is 21.7 Å². The average Bonchev–Trinajstić information content (AvgIpc) is 2.57. The van der Waals surface area contributed by atoms with E-state index in [1.165, 1.54) is 24.3 Å². The number of aromatic amines is 1. The molecule has 0 unspecified atom stereocenters. The Labute approximate surface area is 116 Å². The van der Waals surface area contributed by atoms with E-state index in [9.17, 15) is 0 Å². The molecule has 0 bridgehead atoms. The monoisotopic (exact) mass is 285 g/mol. The maximum absolute atomic E-state index is 5.33. The van der Waals surface area contributed by atoms with Gasteiger partial charge in [-0.25, -0.2) is 0 Å². The van der Waals surface area contributed by atoms with Crippen molar-refractivity contribution in [3.8, 4) is 0 Å². The van der Waals surface area contributed by atoms with Gasteiger partial charge in [-0.2, -0.15) is 0 Å². The van der Waals surface area contributed by atoms with Gasteiger partial charge in [0, 0.05) is 15.5 Å². The quantitative estimate of drug-likeness (QED) is 0.658. The van der Waals surface area contributed by atoms with Crippen molar-refractivity contribution in [1.29, 1.82) is 0 Å². The molecule has 1 aromatic heterocycles. The zero-order chi connectivity index (χ0) is 12.2. The van der Waals surface area contributed by atoms with Gasteiger partial charge in [0.1, 0.15) is 0 Å². The highest BCUT2D eigenvalue weighted by Crippen LogP contribution is 2.58. The van der Waals surface area contributed by atoms with E-state index in [0.29, 0.717) is 4.75 Å². The van der Waals surface area contributed by atoms with Crippen LogP contribution < -0.4 is 0 Å². The Morgan fingerprint density at radius 3 is 2.88 bits per heavy atom. The van der Waals surface area contributed by atoms with Crippen LogP contribution in [0, 0.1) is 15.8 Å². The van der Waals surface area contributed by atoms with E-state index in [-0.39, 0.29) is 0 Å². The van der Waals surface area contributed by atoms with Crippen molar-refractivity contribution in [1.82, 2.24) is 4.98 Å². The van der Waals surface area contributed by atoms with Gasteiger partial charge >= 0.3 is 0 Å². The van der Waals surface area contributed by atoms with Gasteiger partial charge in [-0.15, -0.1) is 23.1 Å². The summed E-state index contributed by atoms with van der Waals surface area (Å²) >= 11 is 9.16. The second-order valence-corrected chi connectivity index (χ2v) is 9.43. The van der Waals surface area contributed by atoms with Crippen molar-refractivity contribution in [3.63, 3.8) is 0 Å². The first-order valence-electron chi connectivity index (χ1n) is 6.39. The van der Waals surface area contributed by atoms with Crippen LogP contribution in [0.3, 0.4) is 0 Å². The van der Waals surface area contributed by atoms with Gasteiger partial charge in [0.25, 0.3) is 0 Å². The highest BCUT2D eigenvalue weighted by atomic mass is 32.2. The predicted molar refractivity (Wildman–Crippen MR) is 78.7 cm³/mol. The molecule has 0 aromatic carbocycles. The van der Waals surface area contributed by atoms with E-state index in [1.54, 1.807) is 4.88 Å². The molecule has 94 valence electrons. The smallest absolute Gasteiger partial charge is 0.159 e. The molecule has 1 N–H and O–H groups in total. The van der Waals surface area contributed by atoms with E-state index in [2.05, 4.69) is 25.8 Å². The SMILES string of the molecule is C[C@@H]1CC[C@@H]2[C@@H](C1)c1sc(=S)[nH]c1SC2(C)C. The Morgan fingerprint density at radius 2 is 2.12 bits per heavy atom. The lowest BCUT2D eigenvalue weighted by Crippen LogP contribution is -2.39. The third kappa shape index (κ3) is 2.02. The standard InChI is InChI=1S/C13H19NS3/c1-7-4-5-9-8(6-7)10-11(14-12(15)16-10)17-13(9,2)3/h7-9H,4-6H2,1-3H3,(H,14,15)/t7-,8-,9-/m1/s1. The molecule has 2 heterocycles. The van der Waals surface area contributed by atoms with Crippen LogP contribution in [0.5, 0.6) is 0 Å². The molecule has 4 heteroatoms. The van der Waals surface area contributed by atoms with Gasteiger partial charge in [-0.1, -0.05) is 27.2 Å². The van der Waals surface area contributed by atoms with Crippen LogP contribution in [0.15, 0.2) is 5.03 Å². The van der Waals surface area contributed by atoms with Gasteiger partial charge < -0.3 is 4.98 Å². The maximum atomic E-state index is 5.33.